The maximum absolute atomic E-state index is 12.5. The molecular weight excluding hydrogens is 266 g/mol. The Morgan fingerprint density at radius 2 is 2.00 bits per heavy atom. The van der Waals surface area contributed by atoms with Crippen LogP contribution in [0.2, 0.25) is 0 Å². The maximum Gasteiger partial charge on any atom is 0.318 e. The molecule has 1 aromatic rings. The summed E-state index contributed by atoms with van der Waals surface area (Å²) in [6.07, 6.45) is 1.47. The first-order valence-corrected chi connectivity index (χ1v) is 7.57. The third-order valence-corrected chi connectivity index (χ3v) is 5.22. The lowest BCUT2D eigenvalue weighted by molar-refractivity contribution is -0.137. The summed E-state index contributed by atoms with van der Waals surface area (Å²) in [4.78, 5) is 11.1. The second-order valence-electron chi connectivity index (χ2n) is 4.94. The van der Waals surface area contributed by atoms with Crippen LogP contribution in [0.3, 0.4) is 0 Å². The predicted octanol–water partition coefficient (Wildman–Crippen LogP) is 1.54. The van der Waals surface area contributed by atoms with Gasteiger partial charge in [0.1, 0.15) is 6.54 Å². The van der Waals surface area contributed by atoms with Gasteiger partial charge in [-0.1, -0.05) is 17.7 Å². The Kier molecular flexibility index (Phi) is 3.64. The Balaban J connectivity index is 2.41. The van der Waals surface area contributed by atoms with E-state index in [1.54, 1.807) is 25.1 Å². The van der Waals surface area contributed by atoms with Crippen molar-refractivity contribution >= 4 is 16.0 Å². The van der Waals surface area contributed by atoms with Crippen LogP contribution in [0.4, 0.5) is 0 Å². The van der Waals surface area contributed by atoms with Crippen molar-refractivity contribution in [2.24, 2.45) is 0 Å². The van der Waals surface area contributed by atoms with Gasteiger partial charge < -0.3 is 5.11 Å². The number of carbonyl (C=O) groups is 1. The first-order chi connectivity index (χ1) is 8.82. The van der Waals surface area contributed by atoms with Crippen LogP contribution < -0.4 is 0 Å². The highest BCUT2D eigenvalue weighted by molar-refractivity contribution is 7.89. The van der Waals surface area contributed by atoms with E-state index in [-0.39, 0.29) is 10.9 Å². The molecule has 0 bridgehead atoms. The molecule has 6 heteroatoms. The van der Waals surface area contributed by atoms with Gasteiger partial charge in [0, 0.05) is 6.04 Å². The van der Waals surface area contributed by atoms with E-state index in [0.29, 0.717) is 5.56 Å². The lowest BCUT2D eigenvalue weighted by Gasteiger charge is -2.21. The SMILES string of the molecule is Cc1ccc(S(=O)(=O)N(CC(=O)O)C2CC2)c(C)c1. The third kappa shape index (κ3) is 2.96. The second kappa shape index (κ2) is 4.94. The summed E-state index contributed by atoms with van der Waals surface area (Å²) < 4.78 is 26.2. The number of rotatable bonds is 5. The molecule has 0 aromatic heterocycles. The van der Waals surface area contributed by atoms with Gasteiger partial charge in [0.15, 0.2) is 0 Å². The van der Waals surface area contributed by atoms with Gasteiger partial charge in [0.05, 0.1) is 4.90 Å². The molecular formula is C13H17NO4S. The molecule has 1 saturated carbocycles. The molecule has 1 N–H and O–H groups in total. The molecule has 19 heavy (non-hydrogen) atoms. The highest BCUT2D eigenvalue weighted by atomic mass is 32.2. The Morgan fingerprint density at radius 3 is 2.47 bits per heavy atom. The van der Waals surface area contributed by atoms with Crippen LogP contribution in [-0.4, -0.2) is 36.4 Å². The van der Waals surface area contributed by atoms with Gasteiger partial charge in [-0.2, -0.15) is 4.31 Å². The molecule has 1 aromatic carbocycles. The zero-order valence-corrected chi connectivity index (χ0v) is 11.8. The standard InChI is InChI=1S/C13H17NO4S/c1-9-3-6-12(10(2)7-9)19(17,18)14(8-13(15)16)11-4-5-11/h3,6-7,11H,4-5,8H2,1-2H3,(H,15,16). The summed E-state index contributed by atoms with van der Waals surface area (Å²) in [6.45, 7) is 3.14. The fourth-order valence-corrected chi connectivity index (χ4v) is 3.96. The molecule has 0 atom stereocenters. The minimum Gasteiger partial charge on any atom is -0.480 e. The molecule has 0 radical (unpaired) electrons. The highest BCUT2D eigenvalue weighted by Crippen LogP contribution is 2.32. The Hall–Kier alpha value is -1.40. The molecule has 0 spiro atoms. The van der Waals surface area contributed by atoms with Crippen LogP contribution in [0.15, 0.2) is 23.1 Å². The summed E-state index contributed by atoms with van der Waals surface area (Å²) in [5.74, 6) is -1.12. The van der Waals surface area contributed by atoms with Crippen LogP contribution in [0, 0.1) is 13.8 Å². The van der Waals surface area contributed by atoms with E-state index in [1.165, 1.54) is 0 Å². The van der Waals surface area contributed by atoms with E-state index >= 15 is 0 Å². The maximum atomic E-state index is 12.5. The third-order valence-electron chi connectivity index (χ3n) is 3.16. The summed E-state index contributed by atoms with van der Waals surface area (Å²) in [6, 6.07) is 4.91. The predicted molar refractivity (Wildman–Crippen MR) is 70.5 cm³/mol. The van der Waals surface area contributed by atoms with Crippen LogP contribution in [0.25, 0.3) is 0 Å². The van der Waals surface area contributed by atoms with Crippen LogP contribution >= 0.6 is 0 Å². The molecule has 104 valence electrons. The number of sulfonamides is 1. The van der Waals surface area contributed by atoms with Gasteiger partial charge >= 0.3 is 5.97 Å². The summed E-state index contributed by atoms with van der Waals surface area (Å²) in [5, 5.41) is 8.88. The van der Waals surface area contributed by atoms with Crippen molar-refractivity contribution < 1.29 is 18.3 Å². The number of hydrogen-bond acceptors (Lipinski definition) is 3. The molecule has 1 aliphatic carbocycles. The van der Waals surface area contributed by atoms with E-state index in [2.05, 4.69) is 0 Å². The van der Waals surface area contributed by atoms with E-state index in [0.717, 1.165) is 22.7 Å². The lowest BCUT2D eigenvalue weighted by Crippen LogP contribution is -2.37. The van der Waals surface area contributed by atoms with Crippen molar-refractivity contribution in [3.05, 3.63) is 29.3 Å². The summed E-state index contributed by atoms with van der Waals surface area (Å²) >= 11 is 0. The molecule has 2 rings (SSSR count). The van der Waals surface area contributed by atoms with Gasteiger partial charge in [0.2, 0.25) is 10.0 Å². The molecule has 0 amide bonds. The Morgan fingerprint density at radius 1 is 1.37 bits per heavy atom. The molecule has 0 unspecified atom stereocenters. The average Bonchev–Trinajstić information content (AvgIpc) is 3.08. The Labute approximate surface area is 112 Å². The van der Waals surface area contributed by atoms with Crippen molar-refractivity contribution in [3.8, 4) is 0 Å². The quantitative estimate of drug-likeness (QED) is 0.889. The van der Waals surface area contributed by atoms with E-state index in [1.807, 2.05) is 6.92 Å². The molecule has 5 nitrogen and oxygen atoms in total. The number of aliphatic carboxylic acids is 1. The van der Waals surface area contributed by atoms with Gasteiger partial charge in [-0.05, 0) is 38.3 Å². The van der Waals surface area contributed by atoms with Crippen molar-refractivity contribution in [1.29, 1.82) is 0 Å². The molecule has 0 aliphatic heterocycles. The van der Waals surface area contributed by atoms with Crippen molar-refractivity contribution in [2.45, 2.75) is 37.6 Å². The number of aryl methyl sites for hydroxylation is 2. The van der Waals surface area contributed by atoms with Crippen LogP contribution in [-0.2, 0) is 14.8 Å². The number of benzene rings is 1. The topological polar surface area (TPSA) is 74.7 Å². The van der Waals surface area contributed by atoms with E-state index < -0.39 is 22.5 Å². The van der Waals surface area contributed by atoms with Gasteiger partial charge in [-0.25, -0.2) is 8.42 Å². The van der Waals surface area contributed by atoms with Crippen LogP contribution in [0.5, 0.6) is 0 Å². The first-order valence-electron chi connectivity index (χ1n) is 6.13. The lowest BCUT2D eigenvalue weighted by atomic mass is 10.2. The van der Waals surface area contributed by atoms with Crippen molar-refractivity contribution in [3.63, 3.8) is 0 Å². The summed E-state index contributed by atoms with van der Waals surface area (Å²) in [5.41, 5.74) is 1.63. The number of hydrogen-bond donors (Lipinski definition) is 1. The zero-order chi connectivity index (χ0) is 14.2. The van der Waals surface area contributed by atoms with Crippen LogP contribution in [0.1, 0.15) is 24.0 Å². The Bertz CT molecular complexity index is 605. The highest BCUT2D eigenvalue weighted by Gasteiger charge is 2.39. The first kappa shape index (κ1) is 14.0. The number of nitrogens with zero attached hydrogens (tertiary/aromatic N) is 1. The van der Waals surface area contributed by atoms with Gasteiger partial charge in [0.25, 0.3) is 0 Å². The van der Waals surface area contributed by atoms with E-state index in [4.69, 9.17) is 5.11 Å². The molecule has 1 fully saturated rings. The number of carboxylic acid groups (broad SMARTS) is 1. The fraction of sp³-hybridized carbons (Fsp3) is 0.462. The molecule has 1 aliphatic rings. The largest absolute Gasteiger partial charge is 0.480 e. The smallest absolute Gasteiger partial charge is 0.318 e. The normalized spacial score (nSPS) is 15.7. The minimum atomic E-state index is -3.73. The molecule has 0 saturated heterocycles. The van der Waals surface area contributed by atoms with E-state index in [9.17, 15) is 13.2 Å². The monoisotopic (exact) mass is 283 g/mol. The zero-order valence-electron chi connectivity index (χ0n) is 11.0. The second-order valence-corrected chi connectivity index (χ2v) is 6.80. The molecule has 0 heterocycles. The van der Waals surface area contributed by atoms with Crippen molar-refractivity contribution in [1.82, 2.24) is 4.31 Å². The summed E-state index contributed by atoms with van der Waals surface area (Å²) in [7, 11) is -3.73. The fourth-order valence-electron chi connectivity index (χ4n) is 2.12. The van der Waals surface area contributed by atoms with Gasteiger partial charge in [-0.3, -0.25) is 4.79 Å². The number of carboxylic acids is 1. The van der Waals surface area contributed by atoms with Gasteiger partial charge in [-0.15, -0.1) is 0 Å². The van der Waals surface area contributed by atoms with Crippen molar-refractivity contribution in [2.75, 3.05) is 6.54 Å². The average molecular weight is 283 g/mol. The minimum absolute atomic E-state index is 0.165.